The van der Waals surface area contributed by atoms with Crippen molar-refractivity contribution in [1.29, 1.82) is 0 Å². The van der Waals surface area contributed by atoms with Gasteiger partial charge in [-0.05, 0) is 37.0 Å². The molecule has 1 aromatic carbocycles. The van der Waals surface area contributed by atoms with Crippen LogP contribution in [0.15, 0.2) is 24.3 Å². The minimum atomic E-state index is -0.203. The fourth-order valence-corrected chi connectivity index (χ4v) is 3.89. The van der Waals surface area contributed by atoms with Gasteiger partial charge in [0.1, 0.15) is 11.8 Å². The number of amides is 1. The van der Waals surface area contributed by atoms with Gasteiger partial charge in [0.05, 0.1) is 7.11 Å². The Kier molecular flexibility index (Phi) is 5.74. The lowest BCUT2D eigenvalue weighted by Gasteiger charge is -2.41. The van der Waals surface area contributed by atoms with Crippen molar-refractivity contribution < 1.29 is 9.53 Å². The van der Waals surface area contributed by atoms with Gasteiger partial charge in [0.15, 0.2) is 0 Å². The minimum Gasteiger partial charge on any atom is -0.497 e. The molecule has 2 aliphatic rings. The number of hydrogen-bond donors (Lipinski definition) is 1. The molecular weight excluding hydrogens is 302 g/mol. The molecule has 2 unspecified atom stereocenters. The molecule has 3 rings (SSSR count). The zero-order valence-electron chi connectivity index (χ0n) is 14.8. The normalized spacial score (nSPS) is 23.2. The largest absolute Gasteiger partial charge is 0.497 e. The van der Waals surface area contributed by atoms with Gasteiger partial charge in [0, 0.05) is 38.8 Å². The molecule has 0 spiro atoms. The van der Waals surface area contributed by atoms with Crippen molar-refractivity contribution in [3.63, 3.8) is 0 Å². The van der Waals surface area contributed by atoms with Crippen molar-refractivity contribution in [1.82, 2.24) is 15.1 Å². The van der Waals surface area contributed by atoms with Crippen LogP contribution in [0.1, 0.15) is 37.8 Å². The summed E-state index contributed by atoms with van der Waals surface area (Å²) in [4.78, 5) is 17.8. The summed E-state index contributed by atoms with van der Waals surface area (Å²) < 4.78 is 5.39. The van der Waals surface area contributed by atoms with E-state index >= 15 is 0 Å². The van der Waals surface area contributed by atoms with Crippen LogP contribution in [0, 0.1) is 0 Å². The van der Waals surface area contributed by atoms with Crippen molar-refractivity contribution in [3.8, 4) is 5.75 Å². The number of nitrogens with one attached hydrogen (secondary N) is 1. The van der Waals surface area contributed by atoms with E-state index in [1.54, 1.807) is 7.11 Å². The van der Waals surface area contributed by atoms with Gasteiger partial charge in [-0.25, -0.2) is 0 Å². The second kappa shape index (κ2) is 7.99. The first kappa shape index (κ1) is 17.2. The lowest BCUT2D eigenvalue weighted by Crippen LogP contribution is -2.55. The number of carbonyl (C=O) groups is 1. The Morgan fingerprint density at radius 1 is 1.33 bits per heavy atom. The van der Waals surface area contributed by atoms with Crippen LogP contribution in [-0.2, 0) is 4.79 Å². The van der Waals surface area contributed by atoms with Gasteiger partial charge in [-0.2, -0.15) is 0 Å². The molecule has 2 fully saturated rings. The number of piperazine rings is 1. The topological polar surface area (TPSA) is 44.8 Å². The van der Waals surface area contributed by atoms with Crippen molar-refractivity contribution in [2.75, 3.05) is 39.8 Å². The molecule has 2 heterocycles. The second-order valence-electron chi connectivity index (χ2n) is 6.72. The molecular formula is C19H29N3O2. The molecule has 1 N–H and O–H groups in total. The maximum Gasteiger partial charge on any atom is 0.244 e. The van der Waals surface area contributed by atoms with Crippen LogP contribution in [0.3, 0.4) is 0 Å². The summed E-state index contributed by atoms with van der Waals surface area (Å²) in [6, 6.07) is 8.20. The van der Waals surface area contributed by atoms with Gasteiger partial charge in [-0.3, -0.25) is 9.69 Å². The molecule has 0 bridgehead atoms. The molecule has 2 aliphatic heterocycles. The zero-order chi connectivity index (χ0) is 16.9. The van der Waals surface area contributed by atoms with Crippen molar-refractivity contribution in [2.24, 2.45) is 0 Å². The summed E-state index contributed by atoms with van der Waals surface area (Å²) in [7, 11) is 1.68. The summed E-state index contributed by atoms with van der Waals surface area (Å²) in [6.07, 6.45) is 3.28. The van der Waals surface area contributed by atoms with Crippen molar-refractivity contribution in [2.45, 2.75) is 38.3 Å². The highest BCUT2D eigenvalue weighted by molar-refractivity contribution is 5.83. The molecule has 5 heteroatoms. The van der Waals surface area contributed by atoms with Crippen LogP contribution in [0.2, 0.25) is 0 Å². The SMILES string of the molecule is CCC1CNCCN1C(C(=O)N1CCCC1)c1cccc(OC)c1. The van der Waals surface area contributed by atoms with E-state index in [-0.39, 0.29) is 11.9 Å². The molecule has 2 saturated heterocycles. The second-order valence-corrected chi connectivity index (χ2v) is 6.72. The highest BCUT2D eigenvalue weighted by atomic mass is 16.5. The van der Waals surface area contributed by atoms with Crippen molar-refractivity contribution >= 4 is 5.91 Å². The molecule has 0 aliphatic carbocycles. The molecule has 24 heavy (non-hydrogen) atoms. The zero-order valence-corrected chi connectivity index (χ0v) is 14.8. The third-order valence-electron chi connectivity index (χ3n) is 5.26. The summed E-state index contributed by atoms with van der Waals surface area (Å²) in [5, 5.41) is 3.46. The highest BCUT2D eigenvalue weighted by Crippen LogP contribution is 2.30. The Hall–Kier alpha value is -1.59. The Morgan fingerprint density at radius 2 is 2.12 bits per heavy atom. The lowest BCUT2D eigenvalue weighted by atomic mass is 9.99. The van der Waals surface area contributed by atoms with Gasteiger partial charge in [-0.1, -0.05) is 19.1 Å². The number of ether oxygens (including phenoxy) is 1. The summed E-state index contributed by atoms with van der Waals surface area (Å²) in [5.74, 6) is 1.07. The molecule has 132 valence electrons. The summed E-state index contributed by atoms with van der Waals surface area (Å²) in [5.41, 5.74) is 1.05. The minimum absolute atomic E-state index is 0.203. The average molecular weight is 331 g/mol. The molecule has 1 amide bonds. The highest BCUT2D eigenvalue weighted by Gasteiger charge is 2.36. The van der Waals surface area contributed by atoms with Crippen LogP contribution in [0.4, 0.5) is 0 Å². The number of carbonyl (C=O) groups excluding carboxylic acids is 1. The van der Waals surface area contributed by atoms with Crippen LogP contribution < -0.4 is 10.1 Å². The van der Waals surface area contributed by atoms with Gasteiger partial charge < -0.3 is 15.0 Å². The van der Waals surface area contributed by atoms with E-state index in [1.807, 2.05) is 23.1 Å². The van der Waals surface area contributed by atoms with Gasteiger partial charge in [0.25, 0.3) is 0 Å². The predicted octanol–water partition coefficient (Wildman–Crippen LogP) is 2.04. The quantitative estimate of drug-likeness (QED) is 0.897. The van der Waals surface area contributed by atoms with Crippen LogP contribution in [0.5, 0.6) is 5.75 Å². The van der Waals surface area contributed by atoms with E-state index in [9.17, 15) is 4.79 Å². The van der Waals surface area contributed by atoms with E-state index in [0.717, 1.165) is 63.3 Å². The van der Waals surface area contributed by atoms with Crippen LogP contribution >= 0.6 is 0 Å². The summed E-state index contributed by atoms with van der Waals surface area (Å²) in [6.45, 7) is 6.77. The third kappa shape index (κ3) is 3.57. The number of methoxy groups -OCH3 is 1. The fourth-order valence-electron chi connectivity index (χ4n) is 3.89. The van der Waals surface area contributed by atoms with Gasteiger partial charge >= 0.3 is 0 Å². The lowest BCUT2D eigenvalue weighted by molar-refractivity contribution is -0.137. The summed E-state index contributed by atoms with van der Waals surface area (Å²) >= 11 is 0. The molecule has 1 aromatic rings. The Labute approximate surface area is 145 Å². The smallest absolute Gasteiger partial charge is 0.244 e. The third-order valence-corrected chi connectivity index (χ3v) is 5.26. The fraction of sp³-hybridized carbons (Fsp3) is 0.632. The van der Waals surface area contributed by atoms with E-state index < -0.39 is 0 Å². The first-order valence-electron chi connectivity index (χ1n) is 9.13. The monoisotopic (exact) mass is 331 g/mol. The molecule has 0 aromatic heterocycles. The average Bonchev–Trinajstić information content (AvgIpc) is 3.17. The van der Waals surface area contributed by atoms with Crippen LogP contribution in [0.25, 0.3) is 0 Å². The number of nitrogens with zero attached hydrogens (tertiary/aromatic N) is 2. The Balaban J connectivity index is 1.94. The van der Waals surface area contributed by atoms with Crippen LogP contribution in [-0.4, -0.2) is 61.6 Å². The Morgan fingerprint density at radius 3 is 2.83 bits per heavy atom. The number of rotatable bonds is 5. The van der Waals surface area contributed by atoms with E-state index in [2.05, 4.69) is 23.2 Å². The first-order chi connectivity index (χ1) is 11.7. The van der Waals surface area contributed by atoms with E-state index in [1.165, 1.54) is 0 Å². The predicted molar refractivity (Wildman–Crippen MR) is 95.2 cm³/mol. The van der Waals surface area contributed by atoms with E-state index in [0.29, 0.717) is 6.04 Å². The number of hydrogen-bond acceptors (Lipinski definition) is 4. The first-order valence-corrected chi connectivity index (χ1v) is 9.13. The standard InChI is InChI=1S/C19H29N3O2/c1-3-16-14-20-9-12-22(16)18(19(23)21-10-4-5-11-21)15-7-6-8-17(13-15)24-2/h6-8,13,16,18,20H,3-5,9-12,14H2,1-2H3. The van der Waals surface area contributed by atoms with Gasteiger partial charge in [0.2, 0.25) is 5.91 Å². The Bertz CT molecular complexity index is 557. The maximum atomic E-state index is 13.3. The van der Waals surface area contributed by atoms with E-state index in [4.69, 9.17) is 4.74 Å². The number of likely N-dealkylation sites (tertiary alicyclic amines) is 1. The maximum absolute atomic E-state index is 13.3. The van der Waals surface area contributed by atoms with Crippen molar-refractivity contribution in [3.05, 3.63) is 29.8 Å². The molecule has 5 nitrogen and oxygen atoms in total. The van der Waals surface area contributed by atoms with Gasteiger partial charge in [-0.15, -0.1) is 0 Å². The molecule has 0 radical (unpaired) electrons. The molecule has 0 saturated carbocycles. The number of benzene rings is 1. The molecule has 2 atom stereocenters.